The number of benzene rings is 1. The molecule has 0 unspecified atom stereocenters. The van der Waals surface area contributed by atoms with E-state index in [0.29, 0.717) is 18.3 Å². The number of likely N-dealkylation sites (tertiary alicyclic amines) is 1. The summed E-state index contributed by atoms with van der Waals surface area (Å²) in [6.45, 7) is 5.62. The van der Waals surface area contributed by atoms with Gasteiger partial charge in [-0.15, -0.1) is 0 Å². The Morgan fingerprint density at radius 1 is 1.19 bits per heavy atom. The second-order valence-corrected chi connectivity index (χ2v) is 6.93. The third-order valence-electron chi connectivity index (χ3n) is 4.91. The first-order chi connectivity index (χ1) is 12.7. The van der Waals surface area contributed by atoms with Gasteiger partial charge in [0.05, 0.1) is 0 Å². The molecule has 3 rings (SSSR count). The zero-order valence-corrected chi connectivity index (χ0v) is 15.2. The van der Waals surface area contributed by atoms with Gasteiger partial charge in [0.1, 0.15) is 11.6 Å². The summed E-state index contributed by atoms with van der Waals surface area (Å²) in [4.78, 5) is 11.0. The van der Waals surface area contributed by atoms with Crippen molar-refractivity contribution in [3.8, 4) is 0 Å². The Hall–Kier alpha value is -2.08. The highest BCUT2D eigenvalue weighted by atomic mass is 19.1. The Labute approximate surface area is 153 Å². The molecule has 0 bridgehead atoms. The average molecular weight is 360 g/mol. The van der Waals surface area contributed by atoms with E-state index in [1.54, 1.807) is 0 Å². The number of halogens is 2. The van der Waals surface area contributed by atoms with E-state index in [1.165, 1.54) is 18.2 Å². The lowest BCUT2D eigenvalue weighted by atomic mass is 9.91. The highest BCUT2D eigenvalue weighted by Crippen LogP contribution is 2.24. The molecule has 140 valence electrons. The summed E-state index contributed by atoms with van der Waals surface area (Å²) in [6, 6.07) is 4.09. The molecule has 4 nitrogen and oxygen atoms in total. The third-order valence-corrected chi connectivity index (χ3v) is 4.91. The third kappa shape index (κ3) is 4.97. The molecule has 0 saturated carbocycles. The van der Waals surface area contributed by atoms with Gasteiger partial charge >= 0.3 is 0 Å². The van der Waals surface area contributed by atoms with Crippen molar-refractivity contribution in [3.63, 3.8) is 0 Å². The smallest absolute Gasteiger partial charge is 0.222 e. The molecule has 1 aromatic carbocycles. The molecule has 2 heterocycles. The average Bonchev–Trinajstić information content (AvgIpc) is 2.64. The molecular formula is C20H26F2N4. The zero-order chi connectivity index (χ0) is 18.4. The highest BCUT2D eigenvalue weighted by Gasteiger charge is 2.21. The summed E-state index contributed by atoms with van der Waals surface area (Å²) < 4.78 is 27.6. The van der Waals surface area contributed by atoms with Crippen LogP contribution in [0.25, 0.3) is 0 Å². The molecule has 26 heavy (non-hydrogen) atoms. The largest absolute Gasteiger partial charge is 0.355 e. The first-order valence-electron chi connectivity index (χ1n) is 9.35. The topological polar surface area (TPSA) is 41.1 Å². The summed E-state index contributed by atoms with van der Waals surface area (Å²) in [5.41, 5.74) is 1.31. The number of hydrogen-bond acceptors (Lipinski definition) is 4. The van der Waals surface area contributed by atoms with Crippen molar-refractivity contribution in [2.45, 2.75) is 39.2 Å². The Kier molecular flexibility index (Phi) is 6.50. The van der Waals surface area contributed by atoms with Crippen LogP contribution in [0.4, 0.5) is 14.7 Å². The fourth-order valence-corrected chi connectivity index (χ4v) is 3.59. The van der Waals surface area contributed by atoms with E-state index in [9.17, 15) is 8.78 Å². The van der Waals surface area contributed by atoms with Crippen LogP contribution in [0.2, 0.25) is 0 Å². The Balaban J connectivity index is 1.52. The van der Waals surface area contributed by atoms with Crippen molar-refractivity contribution in [2.24, 2.45) is 5.92 Å². The van der Waals surface area contributed by atoms with Gasteiger partial charge in [-0.2, -0.15) is 0 Å². The molecular weight excluding hydrogens is 334 g/mol. The number of aromatic nitrogens is 2. The van der Waals surface area contributed by atoms with Gasteiger partial charge in [0.2, 0.25) is 5.95 Å². The van der Waals surface area contributed by atoms with Crippen LogP contribution in [0.3, 0.4) is 0 Å². The molecule has 0 spiro atoms. The van der Waals surface area contributed by atoms with Crippen molar-refractivity contribution in [1.82, 2.24) is 14.9 Å². The molecule has 1 saturated heterocycles. The fraction of sp³-hybridized carbons (Fsp3) is 0.500. The predicted octanol–water partition coefficient (Wildman–Crippen LogP) is 4.03. The number of piperidine rings is 1. The van der Waals surface area contributed by atoms with Crippen molar-refractivity contribution in [2.75, 3.05) is 25.0 Å². The van der Waals surface area contributed by atoms with Crippen LogP contribution < -0.4 is 5.32 Å². The van der Waals surface area contributed by atoms with Crippen LogP contribution in [0.15, 0.2) is 30.6 Å². The van der Waals surface area contributed by atoms with E-state index < -0.39 is 11.6 Å². The molecule has 1 aromatic heterocycles. The molecule has 0 amide bonds. The molecule has 6 heteroatoms. The Morgan fingerprint density at radius 2 is 1.92 bits per heavy atom. The molecule has 1 aliphatic heterocycles. The summed E-state index contributed by atoms with van der Waals surface area (Å²) in [6.07, 6.45) is 7.22. The first-order valence-corrected chi connectivity index (χ1v) is 9.35. The van der Waals surface area contributed by atoms with E-state index in [-0.39, 0.29) is 5.56 Å². The van der Waals surface area contributed by atoms with E-state index in [2.05, 4.69) is 20.2 Å². The SMILES string of the molecule is CCNc1ncc(CN2CCC[C@H](CCc3c(F)cccc3F)C2)cn1. The molecule has 1 aliphatic rings. The lowest BCUT2D eigenvalue weighted by molar-refractivity contribution is 0.161. The van der Waals surface area contributed by atoms with Crippen LogP contribution in [0.5, 0.6) is 0 Å². The minimum atomic E-state index is -0.435. The maximum Gasteiger partial charge on any atom is 0.222 e. The number of nitrogens with zero attached hydrogens (tertiary/aromatic N) is 3. The van der Waals surface area contributed by atoms with Gasteiger partial charge in [-0.1, -0.05) is 6.07 Å². The van der Waals surface area contributed by atoms with Crippen molar-refractivity contribution >= 4 is 5.95 Å². The van der Waals surface area contributed by atoms with Gasteiger partial charge < -0.3 is 5.32 Å². The molecule has 0 aliphatic carbocycles. The van der Waals surface area contributed by atoms with E-state index in [0.717, 1.165) is 51.0 Å². The molecule has 0 radical (unpaired) electrons. The summed E-state index contributed by atoms with van der Waals surface area (Å²) in [5.74, 6) is 0.246. The Bertz CT molecular complexity index is 685. The second kappa shape index (κ2) is 9.03. The van der Waals surface area contributed by atoms with Gasteiger partial charge in [0.25, 0.3) is 0 Å². The van der Waals surface area contributed by atoms with Crippen molar-refractivity contribution in [3.05, 3.63) is 53.4 Å². The maximum atomic E-state index is 13.8. The first kappa shape index (κ1) is 18.7. The zero-order valence-electron chi connectivity index (χ0n) is 15.2. The standard InChI is InChI=1S/C20H26F2N4/c1-2-23-20-24-11-16(12-25-20)14-26-10-4-5-15(13-26)8-9-17-18(21)6-3-7-19(17)22/h3,6-7,11-12,15H,2,4-5,8-10,13-14H2,1H3,(H,23,24,25)/t15-/m1/s1. The minimum Gasteiger partial charge on any atom is -0.355 e. The van der Waals surface area contributed by atoms with Gasteiger partial charge in [0, 0.05) is 43.2 Å². The van der Waals surface area contributed by atoms with Crippen LogP contribution in [-0.2, 0) is 13.0 Å². The lowest BCUT2D eigenvalue weighted by Gasteiger charge is -2.32. The number of rotatable bonds is 7. The number of anilines is 1. The molecule has 1 atom stereocenters. The Morgan fingerprint density at radius 3 is 2.62 bits per heavy atom. The van der Waals surface area contributed by atoms with E-state index in [4.69, 9.17) is 0 Å². The van der Waals surface area contributed by atoms with Crippen molar-refractivity contribution < 1.29 is 8.78 Å². The summed E-state index contributed by atoms with van der Waals surface area (Å²) in [5, 5.41) is 3.09. The van der Waals surface area contributed by atoms with Crippen molar-refractivity contribution in [1.29, 1.82) is 0 Å². The van der Waals surface area contributed by atoms with E-state index >= 15 is 0 Å². The predicted molar refractivity (Wildman–Crippen MR) is 98.9 cm³/mol. The maximum absolute atomic E-state index is 13.8. The quantitative estimate of drug-likeness (QED) is 0.809. The number of nitrogens with one attached hydrogen (secondary N) is 1. The summed E-state index contributed by atoms with van der Waals surface area (Å²) in [7, 11) is 0. The minimum absolute atomic E-state index is 0.219. The summed E-state index contributed by atoms with van der Waals surface area (Å²) >= 11 is 0. The lowest BCUT2D eigenvalue weighted by Crippen LogP contribution is -2.35. The van der Waals surface area contributed by atoms with Gasteiger partial charge in [0.15, 0.2) is 0 Å². The van der Waals surface area contributed by atoms with Crippen LogP contribution in [0.1, 0.15) is 37.3 Å². The van der Waals surface area contributed by atoms with Gasteiger partial charge in [-0.05, 0) is 57.2 Å². The van der Waals surface area contributed by atoms with E-state index in [1.807, 2.05) is 19.3 Å². The van der Waals surface area contributed by atoms with Gasteiger partial charge in [-0.25, -0.2) is 18.7 Å². The van der Waals surface area contributed by atoms with Gasteiger partial charge in [-0.3, -0.25) is 4.90 Å². The highest BCUT2D eigenvalue weighted by molar-refractivity contribution is 5.24. The molecule has 2 aromatic rings. The monoisotopic (exact) mass is 360 g/mol. The van der Waals surface area contributed by atoms with Crippen LogP contribution >= 0.6 is 0 Å². The van der Waals surface area contributed by atoms with Crippen LogP contribution in [0, 0.1) is 17.6 Å². The number of hydrogen-bond donors (Lipinski definition) is 1. The fourth-order valence-electron chi connectivity index (χ4n) is 3.59. The normalized spacial score (nSPS) is 18.0. The molecule has 1 fully saturated rings. The molecule has 1 N–H and O–H groups in total. The van der Waals surface area contributed by atoms with Crippen LogP contribution in [-0.4, -0.2) is 34.5 Å². The second-order valence-electron chi connectivity index (χ2n) is 6.93.